The Morgan fingerprint density at radius 1 is 1.33 bits per heavy atom. The van der Waals surface area contributed by atoms with Gasteiger partial charge in [0, 0.05) is 14.2 Å². The molecule has 18 heavy (non-hydrogen) atoms. The molecule has 1 aromatic carbocycles. The van der Waals surface area contributed by atoms with Crippen LogP contribution in [0, 0.1) is 0 Å². The molecule has 0 atom stereocenters. The Kier molecular flexibility index (Phi) is 3.91. The van der Waals surface area contributed by atoms with Crippen LogP contribution in [-0.4, -0.2) is 32.0 Å². The monoisotopic (exact) mass is 250 g/mol. The highest BCUT2D eigenvalue weighted by Crippen LogP contribution is 2.10. The van der Waals surface area contributed by atoms with Crippen molar-refractivity contribution in [2.75, 3.05) is 26.1 Å². The molecule has 1 N–H and O–H groups in total. The molecule has 2 rings (SSSR count). The van der Waals surface area contributed by atoms with Crippen LogP contribution >= 0.6 is 0 Å². The third-order valence-corrected chi connectivity index (χ3v) is 2.46. The normalized spacial score (nSPS) is 11.1. The Bertz CT molecular complexity index is 578. The molecular formula is C12H14N2O4. The minimum atomic E-state index is -0.514. The van der Waals surface area contributed by atoms with E-state index in [0.29, 0.717) is 17.6 Å². The Morgan fingerprint density at radius 2 is 2.06 bits per heavy atom. The van der Waals surface area contributed by atoms with Crippen LogP contribution in [0.25, 0.3) is 11.1 Å². The Labute approximate surface area is 104 Å². The average Bonchev–Trinajstić information content (AvgIpc) is 2.40. The van der Waals surface area contributed by atoms with Crippen molar-refractivity contribution in [1.29, 1.82) is 0 Å². The van der Waals surface area contributed by atoms with E-state index in [1.165, 1.54) is 14.2 Å². The van der Waals surface area contributed by atoms with E-state index in [-0.39, 0.29) is 5.82 Å². The van der Waals surface area contributed by atoms with Gasteiger partial charge in [0.2, 0.25) is 5.82 Å². The number of benzene rings is 1. The zero-order valence-electron chi connectivity index (χ0n) is 10.2. The summed E-state index contributed by atoms with van der Waals surface area (Å²) < 4.78 is 15.1. The van der Waals surface area contributed by atoms with Gasteiger partial charge in [-0.2, -0.15) is 0 Å². The van der Waals surface area contributed by atoms with Crippen molar-refractivity contribution in [3.8, 4) is 0 Å². The highest BCUT2D eigenvalue weighted by molar-refractivity contribution is 5.72. The molecule has 0 unspecified atom stereocenters. The quantitative estimate of drug-likeness (QED) is 0.804. The first-order chi connectivity index (χ1) is 8.74. The number of rotatable bonds is 5. The molecule has 2 aromatic rings. The second-order valence-electron chi connectivity index (χ2n) is 3.60. The number of ether oxygens (including phenoxy) is 2. The SMILES string of the molecule is COC(CNc1nc2ccccc2oc1=O)OC. The molecule has 0 aliphatic carbocycles. The van der Waals surface area contributed by atoms with E-state index < -0.39 is 11.9 Å². The van der Waals surface area contributed by atoms with Crippen LogP contribution in [0.3, 0.4) is 0 Å². The number of methoxy groups -OCH3 is 2. The summed E-state index contributed by atoms with van der Waals surface area (Å²) in [6.45, 7) is 0.309. The maximum Gasteiger partial charge on any atom is 0.379 e. The zero-order valence-corrected chi connectivity index (χ0v) is 10.2. The Hall–Kier alpha value is -1.92. The summed E-state index contributed by atoms with van der Waals surface area (Å²) in [5.41, 5.74) is 0.564. The van der Waals surface area contributed by atoms with E-state index in [1.807, 2.05) is 6.07 Å². The van der Waals surface area contributed by atoms with Gasteiger partial charge in [0.25, 0.3) is 0 Å². The predicted octanol–water partition coefficient (Wildman–Crippen LogP) is 1.22. The van der Waals surface area contributed by atoms with Crippen molar-refractivity contribution in [2.24, 2.45) is 0 Å². The lowest BCUT2D eigenvalue weighted by molar-refractivity contribution is -0.0914. The Morgan fingerprint density at radius 3 is 2.78 bits per heavy atom. The highest BCUT2D eigenvalue weighted by atomic mass is 16.7. The van der Waals surface area contributed by atoms with E-state index in [1.54, 1.807) is 18.2 Å². The largest absolute Gasteiger partial charge is 0.418 e. The lowest BCUT2D eigenvalue weighted by atomic mass is 10.3. The molecule has 0 bridgehead atoms. The summed E-state index contributed by atoms with van der Waals surface area (Å²) in [5, 5.41) is 2.84. The van der Waals surface area contributed by atoms with Crippen LogP contribution in [0.15, 0.2) is 33.5 Å². The zero-order chi connectivity index (χ0) is 13.0. The maximum absolute atomic E-state index is 11.6. The van der Waals surface area contributed by atoms with Crippen LogP contribution < -0.4 is 10.9 Å². The lowest BCUT2D eigenvalue weighted by Gasteiger charge is -2.13. The van der Waals surface area contributed by atoms with Gasteiger partial charge in [-0.1, -0.05) is 12.1 Å². The van der Waals surface area contributed by atoms with E-state index in [4.69, 9.17) is 13.9 Å². The van der Waals surface area contributed by atoms with Gasteiger partial charge >= 0.3 is 5.63 Å². The third-order valence-electron chi connectivity index (χ3n) is 2.46. The van der Waals surface area contributed by atoms with Crippen molar-refractivity contribution in [1.82, 2.24) is 4.98 Å². The minimum absolute atomic E-state index is 0.146. The minimum Gasteiger partial charge on any atom is -0.418 e. The molecule has 6 heteroatoms. The van der Waals surface area contributed by atoms with E-state index >= 15 is 0 Å². The van der Waals surface area contributed by atoms with E-state index in [0.717, 1.165) is 0 Å². The second-order valence-corrected chi connectivity index (χ2v) is 3.60. The van der Waals surface area contributed by atoms with E-state index in [2.05, 4.69) is 10.3 Å². The smallest absolute Gasteiger partial charge is 0.379 e. The molecule has 0 aliphatic heterocycles. The van der Waals surface area contributed by atoms with Gasteiger partial charge in [-0.05, 0) is 12.1 Å². The molecule has 0 amide bonds. The number of fused-ring (bicyclic) bond motifs is 1. The highest BCUT2D eigenvalue weighted by Gasteiger charge is 2.09. The first-order valence-corrected chi connectivity index (χ1v) is 5.44. The van der Waals surface area contributed by atoms with Gasteiger partial charge in [0.1, 0.15) is 5.52 Å². The maximum atomic E-state index is 11.6. The molecule has 0 radical (unpaired) electrons. The number of nitrogens with zero attached hydrogens (tertiary/aromatic N) is 1. The van der Waals surface area contributed by atoms with Crippen LogP contribution in [0.2, 0.25) is 0 Å². The van der Waals surface area contributed by atoms with Crippen molar-refractivity contribution in [3.63, 3.8) is 0 Å². The van der Waals surface area contributed by atoms with Gasteiger partial charge < -0.3 is 19.2 Å². The van der Waals surface area contributed by atoms with Gasteiger partial charge in [0.15, 0.2) is 11.9 Å². The number of hydrogen-bond donors (Lipinski definition) is 1. The van der Waals surface area contributed by atoms with Crippen LogP contribution in [0.1, 0.15) is 0 Å². The molecule has 0 fully saturated rings. The first-order valence-electron chi connectivity index (χ1n) is 5.44. The first kappa shape index (κ1) is 12.5. The van der Waals surface area contributed by atoms with Crippen molar-refractivity contribution in [3.05, 3.63) is 34.7 Å². The summed E-state index contributed by atoms with van der Waals surface area (Å²) in [7, 11) is 3.04. The molecular weight excluding hydrogens is 236 g/mol. The second kappa shape index (κ2) is 5.61. The molecule has 96 valence electrons. The number of aromatic nitrogens is 1. The fourth-order valence-corrected chi connectivity index (χ4v) is 1.50. The van der Waals surface area contributed by atoms with Crippen LogP contribution in [-0.2, 0) is 9.47 Å². The van der Waals surface area contributed by atoms with E-state index in [9.17, 15) is 4.79 Å². The number of hydrogen-bond acceptors (Lipinski definition) is 6. The van der Waals surface area contributed by atoms with Gasteiger partial charge in [-0.15, -0.1) is 0 Å². The molecule has 6 nitrogen and oxygen atoms in total. The van der Waals surface area contributed by atoms with Gasteiger partial charge in [-0.3, -0.25) is 0 Å². The van der Waals surface area contributed by atoms with Crippen molar-refractivity contribution >= 4 is 16.9 Å². The fraction of sp³-hybridized carbons (Fsp3) is 0.333. The number of para-hydroxylation sites is 2. The summed E-state index contributed by atoms with van der Waals surface area (Å²) in [6, 6.07) is 7.08. The molecule has 0 saturated carbocycles. The van der Waals surface area contributed by atoms with Gasteiger partial charge in [-0.25, -0.2) is 9.78 Å². The molecule has 0 saturated heterocycles. The summed E-state index contributed by atoms with van der Waals surface area (Å²) in [6.07, 6.45) is -0.447. The number of anilines is 1. The fourth-order valence-electron chi connectivity index (χ4n) is 1.50. The summed E-state index contributed by atoms with van der Waals surface area (Å²) in [5.74, 6) is 0.146. The lowest BCUT2D eigenvalue weighted by Crippen LogP contribution is -2.26. The predicted molar refractivity (Wildman–Crippen MR) is 66.6 cm³/mol. The van der Waals surface area contributed by atoms with Crippen molar-refractivity contribution in [2.45, 2.75) is 6.29 Å². The van der Waals surface area contributed by atoms with Crippen LogP contribution in [0.4, 0.5) is 5.82 Å². The molecule has 1 aromatic heterocycles. The summed E-state index contributed by atoms with van der Waals surface area (Å²) >= 11 is 0. The molecule has 0 spiro atoms. The summed E-state index contributed by atoms with van der Waals surface area (Å²) in [4.78, 5) is 15.8. The number of nitrogens with one attached hydrogen (secondary N) is 1. The van der Waals surface area contributed by atoms with Crippen molar-refractivity contribution < 1.29 is 13.9 Å². The Balaban J connectivity index is 2.23. The topological polar surface area (TPSA) is 73.6 Å². The molecule has 0 aliphatic rings. The van der Waals surface area contributed by atoms with Gasteiger partial charge in [0.05, 0.1) is 6.54 Å². The average molecular weight is 250 g/mol. The molecule has 1 heterocycles. The standard InChI is InChI=1S/C12H14N2O4/c1-16-10(17-2)7-13-11-12(15)18-9-6-4-3-5-8(9)14-11/h3-6,10H,7H2,1-2H3,(H,13,14). The van der Waals surface area contributed by atoms with Crippen LogP contribution in [0.5, 0.6) is 0 Å². The third kappa shape index (κ3) is 2.66.